The van der Waals surface area contributed by atoms with Crippen molar-refractivity contribution in [2.75, 3.05) is 44.7 Å². The number of fused-ring (bicyclic) bond motifs is 1. The third kappa shape index (κ3) is 4.64. The summed E-state index contributed by atoms with van der Waals surface area (Å²) in [6.07, 6.45) is 3.33. The number of hydrogen-bond acceptors (Lipinski definition) is 4. The van der Waals surface area contributed by atoms with Gasteiger partial charge in [0.1, 0.15) is 5.82 Å². The van der Waals surface area contributed by atoms with Crippen molar-refractivity contribution in [1.82, 2.24) is 9.80 Å². The van der Waals surface area contributed by atoms with E-state index in [2.05, 4.69) is 29.2 Å². The Balaban J connectivity index is 1.34. The van der Waals surface area contributed by atoms with Crippen LogP contribution in [0.2, 0.25) is 0 Å². The maximum absolute atomic E-state index is 14.5. The summed E-state index contributed by atoms with van der Waals surface area (Å²) in [6, 6.07) is 13.4. The van der Waals surface area contributed by atoms with E-state index in [0.29, 0.717) is 44.0 Å². The summed E-state index contributed by atoms with van der Waals surface area (Å²) < 4.78 is 14.5. The van der Waals surface area contributed by atoms with E-state index >= 15 is 0 Å². The zero-order valence-electron chi connectivity index (χ0n) is 18.3. The monoisotopic (exact) mass is 423 g/mol. The van der Waals surface area contributed by atoms with E-state index in [-0.39, 0.29) is 23.5 Å². The molecule has 1 heterocycles. The Hall–Kier alpha value is -2.73. The van der Waals surface area contributed by atoms with Crippen molar-refractivity contribution in [3.63, 3.8) is 0 Å². The minimum Gasteiger partial charge on any atom is -0.366 e. The van der Waals surface area contributed by atoms with Gasteiger partial charge in [0, 0.05) is 37.8 Å². The third-order valence-corrected chi connectivity index (χ3v) is 6.58. The van der Waals surface area contributed by atoms with Gasteiger partial charge in [-0.05, 0) is 62.6 Å². The number of nitrogens with zero attached hydrogens (tertiary/aromatic N) is 3. The Morgan fingerprint density at radius 2 is 1.84 bits per heavy atom. The van der Waals surface area contributed by atoms with Crippen LogP contribution in [0.4, 0.5) is 10.1 Å². The number of carbonyl (C=O) groups is 2. The summed E-state index contributed by atoms with van der Waals surface area (Å²) >= 11 is 0. The molecule has 2 aromatic carbocycles. The molecule has 4 rings (SSSR count). The summed E-state index contributed by atoms with van der Waals surface area (Å²) in [7, 11) is 2.03. The van der Waals surface area contributed by atoms with E-state index in [4.69, 9.17) is 0 Å². The number of aryl methyl sites for hydroxylation is 1. The summed E-state index contributed by atoms with van der Waals surface area (Å²) in [4.78, 5) is 30.4. The summed E-state index contributed by atoms with van der Waals surface area (Å²) in [6.45, 7) is 4.13. The summed E-state index contributed by atoms with van der Waals surface area (Å²) in [5.74, 6) is -0.411. The van der Waals surface area contributed by atoms with E-state index in [1.54, 1.807) is 12.1 Å². The number of likely N-dealkylation sites (N-methyl/N-ethyl adjacent to an activating group) is 1. The maximum atomic E-state index is 14.5. The van der Waals surface area contributed by atoms with Crippen LogP contribution in [0.25, 0.3) is 0 Å². The van der Waals surface area contributed by atoms with Crippen LogP contribution in [0.1, 0.15) is 47.3 Å². The first kappa shape index (κ1) is 21.5. The molecule has 1 saturated heterocycles. The van der Waals surface area contributed by atoms with Crippen LogP contribution in [0, 0.1) is 5.82 Å². The highest BCUT2D eigenvalue weighted by atomic mass is 19.1. The van der Waals surface area contributed by atoms with Crippen molar-refractivity contribution < 1.29 is 14.0 Å². The molecule has 0 spiro atoms. The van der Waals surface area contributed by atoms with Gasteiger partial charge in [-0.1, -0.05) is 24.3 Å². The van der Waals surface area contributed by atoms with Gasteiger partial charge >= 0.3 is 0 Å². The van der Waals surface area contributed by atoms with E-state index in [0.717, 1.165) is 19.3 Å². The molecule has 0 aromatic heterocycles. The second-order valence-corrected chi connectivity index (χ2v) is 8.61. The van der Waals surface area contributed by atoms with Crippen molar-refractivity contribution in [3.8, 4) is 0 Å². The minimum atomic E-state index is -0.386. The van der Waals surface area contributed by atoms with Gasteiger partial charge in [0.05, 0.1) is 12.2 Å². The molecule has 1 atom stereocenters. The van der Waals surface area contributed by atoms with Crippen LogP contribution in [-0.4, -0.2) is 61.3 Å². The Morgan fingerprint density at radius 3 is 2.55 bits per heavy atom. The molecule has 1 fully saturated rings. The number of hydrogen-bond donors (Lipinski definition) is 0. The zero-order valence-corrected chi connectivity index (χ0v) is 18.3. The molecule has 0 bridgehead atoms. The summed E-state index contributed by atoms with van der Waals surface area (Å²) in [5, 5.41) is 0. The van der Waals surface area contributed by atoms with Crippen LogP contribution in [0.5, 0.6) is 0 Å². The molecule has 2 aromatic rings. The highest BCUT2D eigenvalue weighted by Crippen LogP contribution is 2.33. The molecule has 164 valence electrons. The third-order valence-electron chi connectivity index (χ3n) is 6.58. The first-order chi connectivity index (χ1) is 14.9. The molecule has 5 nitrogen and oxygen atoms in total. The molecule has 1 amide bonds. The standard InChI is InChI=1S/C25H30FN3O2/c1-18(30)20-10-11-24(22(26)16-20)28-12-14-29(15-13-28)25(31)17-27(2)23-9-5-7-19-6-3-4-8-21(19)23/h3-4,6,8,10-11,16,23H,5,7,9,12-15,17H2,1-2H3. The quantitative estimate of drug-likeness (QED) is 0.688. The lowest BCUT2D eigenvalue weighted by atomic mass is 9.87. The number of Topliss-reactive ketones (excluding diaryl/α,β-unsaturated/α-hetero) is 1. The predicted octanol–water partition coefficient (Wildman–Crippen LogP) is 3.69. The fourth-order valence-corrected chi connectivity index (χ4v) is 4.79. The Kier molecular flexibility index (Phi) is 6.37. The largest absolute Gasteiger partial charge is 0.366 e. The van der Waals surface area contributed by atoms with E-state index in [1.807, 2.05) is 16.8 Å². The number of anilines is 1. The van der Waals surface area contributed by atoms with Crippen LogP contribution in [-0.2, 0) is 11.2 Å². The molecule has 1 aliphatic heterocycles. The zero-order chi connectivity index (χ0) is 22.0. The van der Waals surface area contributed by atoms with Gasteiger partial charge in [-0.25, -0.2) is 4.39 Å². The Labute approximate surface area is 183 Å². The van der Waals surface area contributed by atoms with Gasteiger partial charge in [-0.3, -0.25) is 14.5 Å². The average Bonchev–Trinajstić information content (AvgIpc) is 2.78. The van der Waals surface area contributed by atoms with Crippen molar-refractivity contribution >= 4 is 17.4 Å². The van der Waals surface area contributed by atoms with Gasteiger partial charge in [0.2, 0.25) is 5.91 Å². The molecule has 1 aliphatic carbocycles. The molecular weight excluding hydrogens is 393 g/mol. The summed E-state index contributed by atoms with van der Waals surface area (Å²) in [5.41, 5.74) is 3.61. The van der Waals surface area contributed by atoms with Crippen LogP contribution >= 0.6 is 0 Å². The molecule has 0 radical (unpaired) electrons. The van der Waals surface area contributed by atoms with Gasteiger partial charge in [-0.15, -0.1) is 0 Å². The molecule has 6 heteroatoms. The Morgan fingerprint density at radius 1 is 1.10 bits per heavy atom. The normalized spacial score (nSPS) is 18.8. The van der Waals surface area contributed by atoms with Gasteiger partial charge in [0.25, 0.3) is 0 Å². The van der Waals surface area contributed by atoms with E-state index in [9.17, 15) is 14.0 Å². The lowest BCUT2D eigenvalue weighted by Gasteiger charge is -2.38. The van der Waals surface area contributed by atoms with Crippen LogP contribution in [0.15, 0.2) is 42.5 Å². The van der Waals surface area contributed by atoms with E-state index < -0.39 is 0 Å². The number of ketones is 1. The van der Waals surface area contributed by atoms with Gasteiger partial charge in [0.15, 0.2) is 5.78 Å². The average molecular weight is 424 g/mol. The fourth-order valence-electron chi connectivity index (χ4n) is 4.79. The van der Waals surface area contributed by atoms with Crippen molar-refractivity contribution in [2.45, 2.75) is 32.2 Å². The first-order valence-corrected chi connectivity index (χ1v) is 11.1. The topological polar surface area (TPSA) is 43.9 Å². The lowest BCUT2D eigenvalue weighted by molar-refractivity contribution is -0.133. The van der Waals surface area contributed by atoms with Crippen molar-refractivity contribution in [3.05, 3.63) is 65.0 Å². The lowest BCUT2D eigenvalue weighted by Crippen LogP contribution is -2.51. The predicted molar refractivity (Wildman–Crippen MR) is 120 cm³/mol. The molecule has 0 saturated carbocycles. The molecule has 0 N–H and O–H groups in total. The van der Waals surface area contributed by atoms with Gasteiger partial charge in [-0.2, -0.15) is 0 Å². The van der Waals surface area contributed by atoms with Crippen molar-refractivity contribution in [1.29, 1.82) is 0 Å². The second kappa shape index (κ2) is 9.18. The number of carbonyl (C=O) groups excluding carboxylic acids is 2. The molecule has 1 unspecified atom stereocenters. The molecule has 31 heavy (non-hydrogen) atoms. The van der Waals surface area contributed by atoms with E-state index in [1.165, 1.54) is 24.1 Å². The van der Waals surface area contributed by atoms with Crippen LogP contribution < -0.4 is 4.90 Å². The Bertz CT molecular complexity index is 969. The molecule has 2 aliphatic rings. The highest BCUT2D eigenvalue weighted by molar-refractivity contribution is 5.94. The number of piperazine rings is 1. The smallest absolute Gasteiger partial charge is 0.236 e. The minimum absolute atomic E-state index is 0.123. The highest BCUT2D eigenvalue weighted by Gasteiger charge is 2.28. The number of amides is 1. The number of benzene rings is 2. The molecular formula is C25H30FN3O2. The second-order valence-electron chi connectivity index (χ2n) is 8.61. The number of halogens is 1. The fraction of sp³-hybridized carbons (Fsp3) is 0.440. The van der Waals surface area contributed by atoms with Crippen molar-refractivity contribution in [2.24, 2.45) is 0 Å². The number of rotatable bonds is 5. The van der Waals surface area contributed by atoms with Crippen LogP contribution in [0.3, 0.4) is 0 Å². The maximum Gasteiger partial charge on any atom is 0.236 e. The first-order valence-electron chi connectivity index (χ1n) is 11.1. The SMILES string of the molecule is CC(=O)c1ccc(N2CCN(C(=O)CN(C)C3CCCc4ccccc43)CC2)c(F)c1. The van der Waals surface area contributed by atoms with Gasteiger partial charge < -0.3 is 9.80 Å².